The average molecular weight is 409 g/mol. The largest absolute Gasteiger partial charge is 0.475 e. The number of hydrogen-bond donors (Lipinski definition) is 1. The maximum Gasteiger partial charge on any atom is 0.258 e. The molecule has 0 aromatic carbocycles. The summed E-state index contributed by atoms with van der Waals surface area (Å²) in [6, 6.07) is 4.15. The van der Waals surface area contributed by atoms with Crippen molar-refractivity contribution in [1.82, 2.24) is 24.9 Å². The van der Waals surface area contributed by atoms with Gasteiger partial charge in [0.25, 0.3) is 5.91 Å². The SMILES string of the molecule is C[C@@H]1COc2ncc(F)cc2[C@@H]2CCON2c2ccn3nc(C#N)c(c3n2)C(=O)N1. The van der Waals surface area contributed by atoms with Crippen molar-refractivity contribution >= 4 is 17.4 Å². The highest BCUT2D eigenvalue weighted by Gasteiger charge is 2.34. The van der Waals surface area contributed by atoms with Gasteiger partial charge in [0.15, 0.2) is 17.2 Å². The monoisotopic (exact) mass is 409 g/mol. The van der Waals surface area contributed by atoms with E-state index in [0.29, 0.717) is 24.4 Å². The molecule has 3 aromatic rings. The fraction of sp³-hybridized carbons (Fsp3) is 0.316. The van der Waals surface area contributed by atoms with Crippen LogP contribution in [0.25, 0.3) is 5.65 Å². The molecule has 30 heavy (non-hydrogen) atoms. The Hall–Kier alpha value is -3.78. The number of anilines is 1. The molecule has 152 valence electrons. The van der Waals surface area contributed by atoms with Crippen LogP contribution in [0.15, 0.2) is 24.5 Å². The van der Waals surface area contributed by atoms with Crippen LogP contribution in [0, 0.1) is 17.1 Å². The van der Waals surface area contributed by atoms with Crippen LogP contribution in [0.4, 0.5) is 10.2 Å². The van der Waals surface area contributed by atoms with Crippen LogP contribution in [0.1, 0.15) is 41.0 Å². The van der Waals surface area contributed by atoms with Gasteiger partial charge in [0.2, 0.25) is 5.88 Å². The lowest BCUT2D eigenvalue weighted by Gasteiger charge is -2.25. The number of nitrogens with one attached hydrogen (secondary N) is 1. The average Bonchev–Trinajstić information content (AvgIpc) is 3.36. The lowest BCUT2D eigenvalue weighted by atomic mass is 10.1. The second kappa shape index (κ2) is 6.93. The Kier molecular flexibility index (Phi) is 4.22. The summed E-state index contributed by atoms with van der Waals surface area (Å²) in [6.45, 7) is 2.24. The minimum Gasteiger partial charge on any atom is -0.475 e. The van der Waals surface area contributed by atoms with Gasteiger partial charge in [0.05, 0.1) is 24.9 Å². The molecule has 2 aliphatic rings. The minimum absolute atomic E-state index is 0.0361. The first kappa shape index (κ1) is 18.3. The summed E-state index contributed by atoms with van der Waals surface area (Å²) >= 11 is 0. The predicted molar refractivity (Wildman–Crippen MR) is 100 cm³/mol. The van der Waals surface area contributed by atoms with Gasteiger partial charge in [-0.3, -0.25) is 9.63 Å². The molecule has 3 aromatic heterocycles. The Morgan fingerprint density at radius 3 is 3.13 bits per heavy atom. The summed E-state index contributed by atoms with van der Waals surface area (Å²) in [7, 11) is 0. The van der Waals surface area contributed by atoms with Crippen LogP contribution in [-0.2, 0) is 4.84 Å². The van der Waals surface area contributed by atoms with Crippen molar-refractivity contribution < 1.29 is 18.8 Å². The Bertz CT molecular complexity index is 1200. The molecule has 5 heterocycles. The van der Waals surface area contributed by atoms with Crippen LogP contribution in [0.3, 0.4) is 0 Å². The van der Waals surface area contributed by atoms with Crippen molar-refractivity contribution in [2.75, 3.05) is 18.3 Å². The van der Waals surface area contributed by atoms with E-state index in [-0.39, 0.29) is 35.4 Å². The van der Waals surface area contributed by atoms with Crippen molar-refractivity contribution in [1.29, 1.82) is 5.26 Å². The number of carbonyl (C=O) groups is 1. The molecule has 2 bridgehead atoms. The number of nitriles is 1. The molecular formula is C19H16FN7O3. The Morgan fingerprint density at radius 1 is 1.43 bits per heavy atom. The first-order valence-corrected chi connectivity index (χ1v) is 9.36. The summed E-state index contributed by atoms with van der Waals surface area (Å²) in [6.07, 6.45) is 3.25. The van der Waals surface area contributed by atoms with Crippen molar-refractivity contribution in [2.45, 2.75) is 25.4 Å². The zero-order valence-electron chi connectivity index (χ0n) is 15.9. The third kappa shape index (κ3) is 2.89. The third-order valence-electron chi connectivity index (χ3n) is 4.99. The smallest absolute Gasteiger partial charge is 0.258 e. The van der Waals surface area contributed by atoms with E-state index in [9.17, 15) is 14.4 Å². The molecule has 0 unspecified atom stereocenters. The van der Waals surface area contributed by atoms with Gasteiger partial charge in [-0.2, -0.15) is 10.4 Å². The van der Waals surface area contributed by atoms with E-state index >= 15 is 0 Å². The molecule has 0 radical (unpaired) electrons. The van der Waals surface area contributed by atoms with Gasteiger partial charge in [-0.25, -0.2) is 23.9 Å². The highest BCUT2D eigenvalue weighted by atomic mass is 19.1. The number of ether oxygens (including phenoxy) is 1. The number of pyridine rings is 1. The second-order valence-electron chi connectivity index (χ2n) is 7.09. The van der Waals surface area contributed by atoms with Gasteiger partial charge in [0.1, 0.15) is 24.1 Å². The molecule has 1 N–H and O–H groups in total. The van der Waals surface area contributed by atoms with Gasteiger partial charge >= 0.3 is 0 Å². The van der Waals surface area contributed by atoms with Crippen LogP contribution >= 0.6 is 0 Å². The Balaban J connectivity index is 1.72. The number of halogens is 1. The van der Waals surface area contributed by atoms with Crippen LogP contribution in [0.5, 0.6) is 5.88 Å². The topological polar surface area (TPSA) is 118 Å². The molecule has 1 fully saturated rings. The number of nitrogens with zero attached hydrogens (tertiary/aromatic N) is 6. The summed E-state index contributed by atoms with van der Waals surface area (Å²) < 4.78 is 21.2. The van der Waals surface area contributed by atoms with E-state index in [1.54, 1.807) is 24.3 Å². The fourth-order valence-corrected chi connectivity index (χ4v) is 3.65. The van der Waals surface area contributed by atoms with E-state index in [4.69, 9.17) is 9.57 Å². The number of amides is 1. The third-order valence-corrected chi connectivity index (χ3v) is 4.99. The van der Waals surface area contributed by atoms with Gasteiger partial charge in [-0.1, -0.05) is 0 Å². The molecule has 2 aliphatic heterocycles. The highest BCUT2D eigenvalue weighted by Crippen LogP contribution is 2.38. The van der Waals surface area contributed by atoms with Crippen LogP contribution in [0.2, 0.25) is 0 Å². The zero-order valence-corrected chi connectivity index (χ0v) is 15.9. The summed E-state index contributed by atoms with van der Waals surface area (Å²) in [5, 5.41) is 17.9. The first-order valence-electron chi connectivity index (χ1n) is 9.36. The molecule has 5 rings (SSSR count). The number of carbonyl (C=O) groups excluding carboxylic acids is 1. The number of fused-ring (bicyclic) bond motifs is 5. The predicted octanol–water partition coefficient (Wildman–Crippen LogP) is 1.53. The zero-order chi connectivity index (χ0) is 20.8. The lowest BCUT2D eigenvalue weighted by Crippen LogP contribution is -2.37. The van der Waals surface area contributed by atoms with E-state index in [1.807, 2.05) is 6.07 Å². The van der Waals surface area contributed by atoms with Crippen molar-refractivity contribution in [3.63, 3.8) is 0 Å². The van der Waals surface area contributed by atoms with Crippen LogP contribution in [-0.4, -0.2) is 44.7 Å². The Labute approximate surface area is 169 Å². The van der Waals surface area contributed by atoms with E-state index < -0.39 is 17.8 Å². The maximum absolute atomic E-state index is 14.0. The summed E-state index contributed by atoms with van der Waals surface area (Å²) in [5.41, 5.74) is 0.785. The molecular weight excluding hydrogens is 393 g/mol. The van der Waals surface area contributed by atoms with Crippen molar-refractivity contribution in [3.8, 4) is 11.9 Å². The van der Waals surface area contributed by atoms with Gasteiger partial charge in [-0.15, -0.1) is 0 Å². The van der Waals surface area contributed by atoms with Crippen LogP contribution < -0.4 is 15.1 Å². The van der Waals surface area contributed by atoms with Gasteiger partial charge in [0, 0.05) is 24.2 Å². The lowest BCUT2D eigenvalue weighted by molar-refractivity contribution is 0.0927. The van der Waals surface area contributed by atoms with Crippen molar-refractivity contribution in [2.24, 2.45) is 0 Å². The van der Waals surface area contributed by atoms with E-state index in [0.717, 1.165) is 6.20 Å². The maximum atomic E-state index is 14.0. The molecule has 0 aliphatic carbocycles. The normalized spacial score (nSPS) is 21.0. The quantitative estimate of drug-likeness (QED) is 0.594. The van der Waals surface area contributed by atoms with Gasteiger partial charge < -0.3 is 10.1 Å². The molecule has 1 amide bonds. The van der Waals surface area contributed by atoms with E-state index in [1.165, 1.54) is 10.6 Å². The summed E-state index contributed by atoms with van der Waals surface area (Å²) in [5.74, 6) is -0.326. The number of hydroxylamine groups is 1. The number of aromatic nitrogens is 4. The standard InChI is InChI=1S/C19H16FN7O3/c1-10-9-29-19-12(6-11(20)8-22-19)14-3-5-30-27(14)15-2-4-26-17(24-15)16(18(28)23-10)13(7-21)25-26/h2,4,6,8,10,14H,3,5,9H2,1H3,(H,23,28)/t10-,14+/m1/s1. The second-order valence-corrected chi connectivity index (χ2v) is 7.09. The molecule has 0 spiro atoms. The van der Waals surface area contributed by atoms with Crippen molar-refractivity contribution in [3.05, 3.63) is 47.2 Å². The van der Waals surface area contributed by atoms with E-state index in [2.05, 4.69) is 20.4 Å². The molecule has 11 heteroatoms. The first-order chi connectivity index (χ1) is 14.5. The number of hydrogen-bond acceptors (Lipinski definition) is 8. The highest BCUT2D eigenvalue weighted by molar-refractivity contribution is 6.02. The molecule has 2 atom stereocenters. The molecule has 0 saturated carbocycles. The molecule has 10 nitrogen and oxygen atoms in total. The Morgan fingerprint density at radius 2 is 2.30 bits per heavy atom. The van der Waals surface area contributed by atoms with Gasteiger partial charge in [-0.05, 0) is 13.0 Å². The minimum atomic E-state index is -0.493. The molecule has 1 saturated heterocycles. The fourth-order valence-electron chi connectivity index (χ4n) is 3.65. The summed E-state index contributed by atoms with van der Waals surface area (Å²) in [4.78, 5) is 27.3. The number of rotatable bonds is 0.